The summed E-state index contributed by atoms with van der Waals surface area (Å²) < 4.78 is 11.0. The molecular formula is C17H22N4O11. The largest absolute Gasteiger partial charge is 0.481 e. The van der Waals surface area contributed by atoms with Gasteiger partial charge in [-0.05, 0) is 6.07 Å². The molecule has 1 aliphatic heterocycles. The fourth-order valence-corrected chi connectivity index (χ4v) is 2.74. The van der Waals surface area contributed by atoms with Gasteiger partial charge in [-0.1, -0.05) is 0 Å². The molecule has 1 fully saturated rings. The maximum atomic E-state index is 12.3. The lowest BCUT2D eigenvalue weighted by Crippen LogP contribution is -2.39. The molecule has 7 N–H and O–H groups in total. The van der Waals surface area contributed by atoms with Crippen molar-refractivity contribution in [3.63, 3.8) is 0 Å². The van der Waals surface area contributed by atoms with E-state index in [-0.39, 0.29) is 12.2 Å². The molecule has 1 amide bonds. The first-order valence-corrected chi connectivity index (χ1v) is 9.26. The average Bonchev–Trinajstić information content (AvgIpc) is 2.98. The summed E-state index contributed by atoms with van der Waals surface area (Å²) in [6.45, 7) is -0.569. The molecule has 1 aromatic rings. The molecule has 1 aromatic heterocycles. The van der Waals surface area contributed by atoms with Gasteiger partial charge in [0.2, 0.25) is 5.91 Å². The molecule has 0 bridgehead atoms. The molecule has 0 aliphatic carbocycles. The Morgan fingerprint density at radius 1 is 1.19 bits per heavy atom. The number of amides is 1. The summed E-state index contributed by atoms with van der Waals surface area (Å²) in [6.07, 6.45) is -6.11. The number of nitrogens with zero attached hydrogens (tertiary/aromatic N) is 2. The second kappa shape index (κ2) is 10.8. The van der Waals surface area contributed by atoms with E-state index in [1.807, 2.05) is 0 Å². The zero-order valence-electron chi connectivity index (χ0n) is 16.5. The highest BCUT2D eigenvalue weighted by Gasteiger charge is 2.45. The molecule has 0 aromatic carbocycles. The van der Waals surface area contributed by atoms with Crippen molar-refractivity contribution in [3.8, 4) is 0 Å². The van der Waals surface area contributed by atoms with E-state index < -0.39 is 79.5 Å². The third-order valence-electron chi connectivity index (χ3n) is 4.36. The summed E-state index contributed by atoms with van der Waals surface area (Å²) in [5.41, 5.74) is 4.40. The van der Waals surface area contributed by atoms with Gasteiger partial charge >= 0.3 is 23.6 Å². The van der Waals surface area contributed by atoms with Crippen LogP contribution in [-0.4, -0.2) is 84.8 Å². The number of aliphatic carboxylic acids is 2. The zero-order chi connectivity index (χ0) is 24.0. The summed E-state index contributed by atoms with van der Waals surface area (Å²) in [5, 5.41) is 39.8. The van der Waals surface area contributed by atoms with E-state index in [4.69, 9.17) is 25.4 Å². The number of ether oxygens (including phenoxy) is 2. The summed E-state index contributed by atoms with van der Waals surface area (Å²) in [7, 11) is 0. The fraction of sp³-hybridized carbons (Fsp3) is 0.529. The van der Waals surface area contributed by atoms with Crippen molar-refractivity contribution in [2.24, 2.45) is 5.73 Å². The minimum absolute atomic E-state index is 0.160. The quantitative estimate of drug-likeness (QED) is 0.192. The second-order valence-corrected chi connectivity index (χ2v) is 6.83. The molecule has 2 rings (SSSR count). The Bertz CT molecular complexity index is 933. The minimum atomic E-state index is -1.61. The maximum absolute atomic E-state index is 12.3. The first-order chi connectivity index (χ1) is 15.0. The molecule has 0 radical (unpaired) electrons. The van der Waals surface area contributed by atoms with Gasteiger partial charge < -0.3 is 41.0 Å². The van der Waals surface area contributed by atoms with E-state index in [0.717, 1.165) is 10.8 Å². The smallest absolute Gasteiger partial charge is 0.351 e. The van der Waals surface area contributed by atoms with Gasteiger partial charge in [-0.2, -0.15) is 4.98 Å². The fourth-order valence-electron chi connectivity index (χ4n) is 2.74. The topological polar surface area (TPSA) is 241 Å². The number of rotatable bonds is 10. The third-order valence-corrected chi connectivity index (χ3v) is 4.36. The molecule has 2 heterocycles. The highest BCUT2D eigenvalue weighted by molar-refractivity contribution is 5.91. The Kier molecular flexibility index (Phi) is 8.36. The number of carbonyl (C=O) groups is 4. The number of anilines is 1. The number of carbonyl (C=O) groups excluding carboxylic acids is 2. The average molecular weight is 458 g/mol. The van der Waals surface area contributed by atoms with E-state index in [2.05, 4.69) is 10.3 Å². The molecular weight excluding hydrogens is 436 g/mol. The van der Waals surface area contributed by atoms with Crippen molar-refractivity contribution in [2.75, 3.05) is 11.9 Å². The number of carboxylic acids is 2. The highest BCUT2D eigenvalue weighted by Crippen LogP contribution is 2.28. The number of aromatic nitrogens is 2. The summed E-state index contributed by atoms with van der Waals surface area (Å²) in [6, 6.07) is -0.238. The van der Waals surface area contributed by atoms with E-state index in [9.17, 15) is 34.2 Å². The van der Waals surface area contributed by atoms with Crippen LogP contribution in [-0.2, 0) is 28.7 Å². The van der Waals surface area contributed by atoms with Gasteiger partial charge in [0.05, 0.1) is 12.8 Å². The van der Waals surface area contributed by atoms with Crippen LogP contribution in [0.2, 0.25) is 0 Å². The number of hydrogen-bond acceptors (Lipinski definition) is 11. The SMILES string of the molecule is N[C@@H](CC(=O)O)C(=O)OCC1OC(n2ccc(NC(=O)CCC(=O)O)nc2=O)C(O)C1O. The van der Waals surface area contributed by atoms with E-state index in [1.54, 1.807) is 0 Å². The standard InChI is InChI=1S/C17H22N4O11/c18-7(5-12(25)26)16(29)31-6-8-13(27)14(28)15(32-8)21-4-3-9(20-17(21)30)19-10(22)1-2-11(23)24/h3-4,7-8,13-15,27-28H,1-2,5-6,18H2,(H,23,24)(H,25,26)(H,19,20,22,30)/t7-,8?,13?,14?,15?/m0/s1. The van der Waals surface area contributed by atoms with Crippen LogP contribution in [0.25, 0.3) is 0 Å². The van der Waals surface area contributed by atoms with Gasteiger partial charge in [-0.25, -0.2) is 4.79 Å². The molecule has 5 atom stereocenters. The minimum Gasteiger partial charge on any atom is -0.481 e. The van der Waals surface area contributed by atoms with Gasteiger partial charge in [0, 0.05) is 12.6 Å². The van der Waals surface area contributed by atoms with Crippen LogP contribution in [0, 0.1) is 0 Å². The molecule has 1 saturated heterocycles. The van der Waals surface area contributed by atoms with Crippen molar-refractivity contribution >= 4 is 29.6 Å². The van der Waals surface area contributed by atoms with Gasteiger partial charge in [0.25, 0.3) is 0 Å². The molecule has 15 nitrogen and oxygen atoms in total. The number of aliphatic hydroxyl groups excluding tert-OH is 2. The molecule has 0 spiro atoms. The van der Waals surface area contributed by atoms with Crippen molar-refractivity contribution in [3.05, 3.63) is 22.7 Å². The van der Waals surface area contributed by atoms with E-state index in [1.165, 1.54) is 6.07 Å². The van der Waals surface area contributed by atoms with Crippen LogP contribution in [0.15, 0.2) is 17.1 Å². The van der Waals surface area contributed by atoms with Crippen molar-refractivity contribution in [1.82, 2.24) is 9.55 Å². The Hall–Kier alpha value is -3.40. The Morgan fingerprint density at radius 3 is 2.47 bits per heavy atom. The van der Waals surface area contributed by atoms with Crippen LogP contribution >= 0.6 is 0 Å². The first-order valence-electron chi connectivity index (χ1n) is 9.26. The van der Waals surface area contributed by atoms with Gasteiger partial charge in [0.1, 0.15) is 36.8 Å². The molecule has 0 saturated carbocycles. The number of nitrogens with two attached hydrogens (primary N) is 1. The summed E-state index contributed by atoms with van der Waals surface area (Å²) in [5.74, 6) is -4.36. The molecule has 32 heavy (non-hydrogen) atoms. The lowest BCUT2D eigenvalue weighted by Gasteiger charge is -2.17. The van der Waals surface area contributed by atoms with E-state index in [0.29, 0.717) is 0 Å². The van der Waals surface area contributed by atoms with Gasteiger partial charge in [-0.3, -0.25) is 23.7 Å². The lowest BCUT2D eigenvalue weighted by molar-refractivity contribution is -0.154. The molecule has 15 heteroatoms. The van der Waals surface area contributed by atoms with Crippen LogP contribution < -0.4 is 16.7 Å². The normalized spacial score (nSPS) is 23.3. The van der Waals surface area contributed by atoms with Gasteiger partial charge in [-0.15, -0.1) is 0 Å². The monoisotopic (exact) mass is 458 g/mol. The van der Waals surface area contributed by atoms with Crippen LogP contribution in [0.4, 0.5) is 5.82 Å². The first kappa shape index (κ1) is 24.9. The summed E-state index contributed by atoms with van der Waals surface area (Å²) >= 11 is 0. The van der Waals surface area contributed by atoms with Gasteiger partial charge in [0.15, 0.2) is 6.23 Å². The predicted octanol–water partition coefficient (Wildman–Crippen LogP) is -2.99. The maximum Gasteiger partial charge on any atom is 0.351 e. The predicted molar refractivity (Wildman–Crippen MR) is 101 cm³/mol. The molecule has 176 valence electrons. The van der Waals surface area contributed by atoms with Crippen LogP contribution in [0.1, 0.15) is 25.5 Å². The molecule has 1 aliphatic rings. The van der Waals surface area contributed by atoms with Crippen LogP contribution in [0.5, 0.6) is 0 Å². The lowest BCUT2D eigenvalue weighted by atomic mass is 10.1. The van der Waals surface area contributed by atoms with Crippen molar-refractivity contribution in [2.45, 2.75) is 49.8 Å². The Balaban J connectivity index is 2.00. The zero-order valence-corrected chi connectivity index (χ0v) is 16.5. The number of esters is 1. The second-order valence-electron chi connectivity index (χ2n) is 6.83. The summed E-state index contributed by atoms with van der Waals surface area (Å²) in [4.78, 5) is 60.2. The number of nitrogens with one attached hydrogen (secondary N) is 1. The van der Waals surface area contributed by atoms with Crippen molar-refractivity contribution < 1.29 is 49.1 Å². The number of aliphatic hydroxyl groups is 2. The number of hydrogen-bond donors (Lipinski definition) is 6. The Labute approximate surface area is 179 Å². The van der Waals surface area contributed by atoms with Crippen LogP contribution in [0.3, 0.4) is 0 Å². The van der Waals surface area contributed by atoms with Crippen molar-refractivity contribution in [1.29, 1.82) is 0 Å². The van der Waals surface area contributed by atoms with E-state index >= 15 is 0 Å². The Morgan fingerprint density at radius 2 is 1.88 bits per heavy atom. The number of carboxylic acid groups (broad SMARTS) is 2. The highest BCUT2D eigenvalue weighted by atomic mass is 16.6. The molecule has 4 unspecified atom stereocenters. The third kappa shape index (κ3) is 6.55.